The predicted octanol–water partition coefficient (Wildman–Crippen LogP) is 2.06. The third-order valence-corrected chi connectivity index (χ3v) is 3.50. The minimum atomic E-state index is -0.314. The normalized spacial score (nSPS) is 10.8. The standard InChI is InChI=1S/C14H18ClN3O3/c1-20-11-6-9-10(7-12(11)21-2)18(14(8-15)17-9)5-3-4-13(16)19/h6-7H,3-5,8H2,1-2H3,(H2,16,19). The number of nitrogens with zero attached hydrogens (tertiary/aromatic N) is 2. The minimum Gasteiger partial charge on any atom is -0.493 e. The van der Waals surface area contributed by atoms with E-state index in [0.29, 0.717) is 30.9 Å². The van der Waals surface area contributed by atoms with Gasteiger partial charge in [0.05, 0.1) is 31.1 Å². The monoisotopic (exact) mass is 311 g/mol. The lowest BCUT2D eigenvalue weighted by Crippen LogP contribution is -2.12. The molecule has 2 aromatic rings. The van der Waals surface area contributed by atoms with E-state index in [9.17, 15) is 4.79 Å². The molecule has 1 heterocycles. The van der Waals surface area contributed by atoms with Crippen LogP contribution >= 0.6 is 11.6 Å². The van der Waals surface area contributed by atoms with E-state index in [0.717, 1.165) is 16.9 Å². The fraction of sp³-hybridized carbons (Fsp3) is 0.429. The molecule has 0 radical (unpaired) electrons. The van der Waals surface area contributed by atoms with Gasteiger partial charge in [0.2, 0.25) is 5.91 Å². The molecule has 0 fully saturated rings. The average molecular weight is 312 g/mol. The van der Waals surface area contributed by atoms with Crippen molar-refractivity contribution < 1.29 is 14.3 Å². The highest BCUT2D eigenvalue weighted by atomic mass is 35.5. The summed E-state index contributed by atoms with van der Waals surface area (Å²) in [5, 5.41) is 0. The molecule has 7 heteroatoms. The first-order valence-electron chi connectivity index (χ1n) is 6.56. The van der Waals surface area contributed by atoms with Crippen molar-refractivity contribution in [3.8, 4) is 11.5 Å². The van der Waals surface area contributed by atoms with Gasteiger partial charge in [-0.25, -0.2) is 4.98 Å². The van der Waals surface area contributed by atoms with Crippen molar-refractivity contribution in [1.29, 1.82) is 0 Å². The summed E-state index contributed by atoms with van der Waals surface area (Å²) in [7, 11) is 3.16. The van der Waals surface area contributed by atoms with Crippen LogP contribution in [0.5, 0.6) is 11.5 Å². The van der Waals surface area contributed by atoms with Crippen LogP contribution in [-0.4, -0.2) is 29.7 Å². The molecule has 0 saturated carbocycles. The first-order valence-corrected chi connectivity index (χ1v) is 7.09. The molecule has 0 spiro atoms. The fourth-order valence-corrected chi connectivity index (χ4v) is 2.47. The van der Waals surface area contributed by atoms with Gasteiger partial charge in [0.25, 0.3) is 0 Å². The summed E-state index contributed by atoms with van der Waals surface area (Å²) in [6.45, 7) is 0.622. The van der Waals surface area contributed by atoms with Crippen LogP contribution in [0.2, 0.25) is 0 Å². The van der Waals surface area contributed by atoms with Crippen molar-refractivity contribution in [2.24, 2.45) is 5.73 Å². The molecule has 0 atom stereocenters. The Hall–Kier alpha value is -1.95. The van der Waals surface area contributed by atoms with E-state index < -0.39 is 0 Å². The zero-order chi connectivity index (χ0) is 15.4. The van der Waals surface area contributed by atoms with E-state index in [1.54, 1.807) is 14.2 Å². The number of primary amides is 1. The van der Waals surface area contributed by atoms with E-state index in [2.05, 4.69) is 4.98 Å². The molecular formula is C14H18ClN3O3. The molecule has 0 aliphatic carbocycles. The van der Waals surface area contributed by atoms with Crippen molar-refractivity contribution in [3.63, 3.8) is 0 Å². The first kappa shape index (κ1) is 15.4. The zero-order valence-corrected chi connectivity index (χ0v) is 12.8. The highest BCUT2D eigenvalue weighted by Crippen LogP contribution is 2.32. The quantitative estimate of drug-likeness (QED) is 0.794. The number of nitrogens with two attached hydrogens (primary N) is 1. The minimum absolute atomic E-state index is 0.288. The van der Waals surface area contributed by atoms with Crippen LogP contribution in [0.4, 0.5) is 0 Å². The summed E-state index contributed by atoms with van der Waals surface area (Å²) in [5.41, 5.74) is 6.85. The van der Waals surface area contributed by atoms with Crippen LogP contribution in [0.3, 0.4) is 0 Å². The molecule has 114 valence electrons. The Morgan fingerprint density at radius 3 is 2.57 bits per heavy atom. The van der Waals surface area contributed by atoms with Crippen LogP contribution in [0, 0.1) is 0 Å². The number of imidazole rings is 1. The highest BCUT2D eigenvalue weighted by molar-refractivity contribution is 6.16. The number of ether oxygens (including phenoxy) is 2. The Morgan fingerprint density at radius 2 is 2.00 bits per heavy atom. The van der Waals surface area contributed by atoms with E-state index in [1.807, 2.05) is 16.7 Å². The number of amides is 1. The summed E-state index contributed by atoms with van der Waals surface area (Å²) >= 11 is 5.95. The summed E-state index contributed by atoms with van der Waals surface area (Å²) in [5.74, 6) is 1.96. The molecule has 1 aromatic heterocycles. The summed E-state index contributed by atoms with van der Waals surface area (Å²) in [4.78, 5) is 15.4. The third kappa shape index (κ3) is 3.21. The Morgan fingerprint density at radius 1 is 1.33 bits per heavy atom. The molecule has 1 aromatic carbocycles. The molecule has 0 bridgehead atoms. The number of carbonyl (C=O) groups is 1. The number of hydrogen-bond acceptors (Lipinski definition) is 4. The van der Waals surface area contributed by atoms with Crippen LogP contribution in [0.15, 0.2) is 12.1 Å². The van der Waals surface area contributed by atoms with Gasteiger partial charge in [0.1, 0.15) is 5.82 Å². The number of halogens is 1. The van der Waals surface area contributed by atoms with Crippen molar-refractivity contribution in [3.05, 3.63) is 18.0 Å². The van der Waals surface area contributed by atoms with Gasteiger partial charge in [-0.1, -0.05) is 0 Å². The van der Waals surface area contributed by atoms with Crippen molar-refractivity contribution in [2.45, 2.75) is 25.3 Å². The maximum atomic E-state index is 10.9. The molecule has 0 aliphatic rings. The number of benzene rings is 1. The van der Waals surface area contributed by atoms with Gasteiger partial charge < -0.3 is 19.8 Å². The number of alkyl halides is 1. The Labute approximate surface area is 127 Å². The highest BCUT2D eigenvalue weighted by Gasteiger charge is 2.14. The average Bonchev–Trinajstić information content (AvgIpc) is 2.82. The molecule has 0 saturated heterocycles. The predicted molar refractivity (Wildman–Crippen MR) is 80.8 cm³/mol. The molecule has 6 nitrogen and oxygen atoms in total. The lowest BCUT2D eigenvalue weighted by molar-refractivity contribution is -0.118. The number of hydrogen-bond donors (Lipinski definition) is 1. The van der Waals surface area contributed by atoms with Crippen LogP contribution in [0.25, 0.3) is 11.0 Å². The van der Waals surface area contributed by atoms with E-state index in [4.69, 9.17) is 26.8 Å². The number of fused-ring (bicyclic) bond motifs is 1. The van der Waals surface area contributed by atoms with Gasteiger partial charge in [-0.15, -0.1) is 11.6 Å². The Balaban J connectivity index is 2.43. The fourth-order valence-electron chi connectivity index (χ4n) is 2.26. The second-order valence-corrected chi connectivity index (χ2v) is 4.85. The van der Waals surface area contributed by atoms with Gasteiger partial charge in [0.15, 0.2) is 11.5 Å². The van der Waals surface area contributed by atoms with E-state index in [1.165, 1.54) is 0 Å². The maximum absolute atomic E-state index is 10.9. The summed E-state index contributed by atoms with van der Waals surface area (Å²) in [6, 6.07) is 3.68. The van der Waals surface area contributed by atoms with E-state index in [-0.39, 0.29) is 11.8 Å². The number of rotatable bonds is 7. The van der Waals surface area contributed by atoms with Crippen LogP contribution in [-0.2, 0) is 17.2 Å². The van der Waals surface area contributed by atoms with Crippen LogP contribution in [0.1, 0.15) is 18.7 Å². The van der Waals surface area contributed by atoms with E-state index >= 15 is 0 Å². The summed E-state index contributed by atoms with van der Waals surface area (Å²) < 4.78 is 12.6. The number of aryl methyl sites for hydroxylation is 1. The lowest BCUT2D eigenvalue weighted by Gasteiger charge is -2.10. The number of methoxy groups -OCH3 is 2. The number of carbonyl (C=O) groups excluding carboxylic acids is 1. The second-order valence-electron chi connectivity index (χ2n) is 4.58. The van der Waals surface area contributed by atoms with Gasteiger partial charge >= 0.3 is 0 Å². The maximum Gasteiger partial charge on any atom is 0.217 e. The molecule has 1 amide bonds. The topological polar surface area (TPSA) is 79.4 Å². The van der Waals surface area contributed by atoms with Crippen molar-refractivity contribution in [1.82, 2.24) is 9.55 Å². The molecule has 0 unspecified atom stereocenters. The molecule has 21 heavy (non-hydrogen) atoms. The van der Waals surface area contributed by atoms with Gasteiger partial charge in [0, 0.05) is 25.1 Å². The van der Waals surface area contributed by atoms with Gasteiger partial charge in [-0.3, -0.25) is 4.79 Å². The van der Waals surface area contributed by atoms with Gasteiger partial charge in [-0.2, -0.15) is 0 Å². The molecular weight excluding hydrogens is 294 g/mol. The van der Waals surface area contributed by atoms with Crippen LogP contribution < -0.4 is 15.2 Å². The smallest absolute Gasteiger partial charge is 0.217 e. The van der Waals surface area contributed by atoms with Crippen molar-refractivity contribution >= 4 is 28.5 Å². The number of aromatic nitrogens is 2. The first-order chi connectivity index (χ1) is 10.1. The lowest BCUT2D eigenvalue weighted by atomic mass is 10.2. The molecule has 2 N–H and O–H groups in total. The Bertz CT molecular complexity index is 654. The second kappa shape index (κ2) is 6.67. The van der Waals surface area contributed by atoms with Crippen molar-refractivity contribution in [2.75, 3.05) is 14.2 Å². The zero-order valence-electron chi connectivity index (χ0n) is 12.1. The summed E-state index contributed by atoms with van der Waals surface area (Å²) in [6.07, 6.45) is 0.966. The SMILES string of the molecule is COc1cc2nc(CCl)n(CCCC(N)=O)c2cc1OC. The van der Waals surface area contributed by atoms with Gasteiger partial charge in [-0.05, 0) is 6.42 Å². The largest absolute Gasteiger partial charge is 0.493 e. The third-order valence-electron chi connectivity index (χ3n) is 3.26. The molecule has 2 rings (SSSR count). The molecule has 0 aliphatic heterocycles. The Kier molecular flexibility index (Phi) is 4.90.